The van der Waals surface area contributed by atoms with E-state index in [1.54, 1.807) is 6.08 Å². The van der Waals surface area contributed by atoms with Crippen molar-refractivity contribution in [2.45, 2.75) is 18.9 Å². The van der Waals surface area contributed by atoms with E-state index in [0.717, 1.165) is 19.4 Å². The van der Waals surface area contributed by atoms with Crippen molar-refractivity contribution in [1.82, 2.24) is 5.32 Å². The molecule has 1 aliphatic carbocycles. The Balaban J connectivity index is 1.72. The smallest absolute Gasteiger partial charge is 0.111 e. The summed E-state index contributed by atoms with van der Waals surface area (Å²) in [7, 11) is 0. The van der Waals surface area contributed by atoms with Gasteiger partial charge in [-0.1, -0.05) is 36.4 Å². The van der Waals surface area contributed by atoms with Crippen LogP contribution >= 0.6 is 0 Å². The molecule has 2 heteroatoms. The highest BCUT2D eigenvalue weighted by Gasteiger charge is 2.06. The van der Waals surface area contributed by atoms with Gasteiger partial charge in [-0.25, -0.2) is 0 Å². The first-order valence-corrected chi connectivity index (χ1v) is 5.69. The van der Waals surface area contributed by atoms with Crippen LogP contribution in [0, 0.1) is 0 Å². The van der Waals surface area contributed by atoms with Crippen molar-refractivity contribution in [3.63, 3.8) is 0 Å². The highest BCUT2D eigenvalue weighted by molar-refractivity contribution is 5.19. The second-order valence-corrected chi connectivity index (χ2v) is 4.02. The van der Waals surface area contributed by atoms with E-state index in [0.29, 0.717) is 11.8 Å². The van der Waals surface area contributed by atoms with Crippen LogP contribution in [-0.4, -0.2) is 17.7 Å². The summed E-state index contributed by atoms with van der Waals surface area (Å²) in [5, 5.41) is 12.6. The number of hydrogen-bond acceptors (Lipinski definition) is 2. The van der Waals surface area contributed by atoms with Crippen LogP contribution in [0.2, 0.25) is 0 Å². The summed E-state index contributed by atoms with van der Waals surface area (Å²) in [6.07, 6.45) is 7.53. The molecule has 1 aromatic rings. The molecule has 0 aromatic heterocycles. The van der Waals surface area contributed by atoms with Crippen molar-refractivity contribution in [3.05, 3.63) is 59.9 Å². The maximum absolute atomic E-state index is 9.18. The molecular weight excluding hydrogens is 198 g/mol. The minimum atomic E-state index is 0.361. The lowest BCUT2D eigenvalue weighted by molar-refractivity contribution is 0.421. The van der Waals surface area contributed by atoms with Crippen LogP contribution in [0.25, 0.3) is 0 Å². The number of benzene rings is 1. The van der Waals surface area contributed by atoms with Crippen molar-refractivity contribution in [2.75, 3.05) is 6.54 Å². The normalized spacial score (nSPS) is 19.5. The first kappa shape index (κ1) is 11.0. The highest BCUT2D eigenvalue weighted by atomic mass is 16.3. The summed E-state index contributed by atoms with van der Waals surface area (Å²) in [6.45, 7) is 0.966. The van der Waals surface area contributed by atoms with E-state index in [1.807, 2.05) is 18.2 Å². The van der Waals surface area contributed by atoms with Crippen LogP contribution in [-0.2, 0) is 6.42 Å². The van der Waals surface area contributed by atoms with Crippen molar-refractivity contribution in [1.29, 1.82) is 0 Å². The van der Waals surface area contributed by atoms with Crippen LogP contribution in [0.3, 0.4) is 0 Å². The average molecular weight is 215 g/mol. The molecule has 0 unspecified atom stereocenters. The first-order chi connectivity index (χ1) is 7.84. The first-order valence-electron chi connectivity index (χ1n) is 5.69. The lowest BCUT2D eigenvalue weighted by Crippen LogP contribution is -2.29. The average Bonchev–Trinajstić information content (AvgIpc) is 2.33. The molecular formula is C14H17NO. The van der Waals surface area contributed by atoms with Crippen LogP contribution in [0.15, 0.2) is 54.3 Å². The lowest BCUT2D eigenvalue weighted by atomic mass is 10.1. The number of hydrogen-bond donors (Lipinski definition) is 2. The predicted molar refractivity (Wildman–Crippen MR) is 66.4 cm³/mol. The van der Waals surface area contributed by atoms with Crippen molar-refractivity contribution in [3.8, 4) is 0 Å². The molecule has 16 heavy (non-hydrogen) atoms. The lowest BCUT2D eigenvalue weighted by Gasteiger charge is -2.15. The Morgan fingerprint density at radius 3 is 2.75 bits per heavy atom. The Hall–Kier alpha value is -1.54. The summed E-state index contributed by atoms with van der Waals surface area (Å²) >= 11 is 0. The minimum Gasteiger partial charge on any atom is -0.508 e. The van der Waals surface area contributed by atoms with Gasteiger partial charge >= 0.3 is 0 Å². The topological polar surface area (TPSA) is 32.3 Å². The fourth-order valence-corrected chi connectivity index (χ4v) is 1.81. The van der Waals surface area contributed by atoms with E-state index < -0.39 is 0 Å². The molecule has 0 saturated heterocycles. The van der Waals surface area contributed by atoms with Crippen LogP contribution in [0.4, 0.5) is 0 Å². The number of aliphatic hydroxyl groups is 1. The summed E-state index contributed by atoms with van der Waals surface area (Å²) in [5.41, 5.74) is 1.35. The maximum atomic E-state index is 9.18. The Bertz CT molecular complexity index is 381. The van der Waals surface area contributed by atoms with Gasteiger partial charge in [-0.3, -0.25) is 0 Å². The Labute approximate surface area is 96.3 Å². The number of allylic oxidation sites excluding steroid dienone is 1. The molecule has 2 rings (SSSR count). The molecule has 0 bridgehead atoms. The SMILES string of the molecule is OC1=CC[C@@H](NCCc2ccccc2)C=C1. The van der Waals surface area contributed by atoms with Crippen LogP contribution in [0.5, 0.6) is 0 Å². The van der Waals surface area contributed by atoms with Crippen LogP contribution in [0.1, 0.15) is 12.0 Å². The second-order valence-electron chi connectivity index (χ2n) is 4.02. The van der Waals surface area contributed by atoms with E-state index in [9.17, 15) is 5.11 Å². The molecule has 0 aliphatic heterocycles. The van der Waals surface area contributed by atoms with E-state index in [4.69, 9.17) is 0 Å². The molecule has 1 atom stereocenters. The third-order valence-electron chi connectivity index (χ3n) is 2.74. The molecule has 2 N–H and O–H groups in total. The van der Waals surface area contributed by atoms with Gasteiger partial charge in [0.25, 0.3) is 0 Å². The van der Waals surface area contributed by atoms with Gasteiger partial charge in [-0.15, -0.1) is 0 Å². The molecule has 0 spiro atoms. The maximum Gasteiger partial charge on any atom is 0.111 e. The molecule has 0 heterocycles. The van der Waals surface area contributed by atoms with E-state index >= 15 is 0 Å². The summed E-state index contributed by atoms with van der Waals surface area (Å²) < 4.78 is 0. The number of aliphatic hydroxyl groups excluding tert-OH is 1. The van der Waals surface area contributed by atoms with Crippen LogP contribution < -0.4 is 5.32 Å². The highest BCUT2D eigenvalue weighted by Crippen LogP contribution is 2.08. The summed E-state index contributed by atoms with van der Waals surface area (Å²) in [5.74, 6) is 0.376. The Kier molecular flexibility index (Phi) is 3.78. The summed E-state index contributed by atoms with van der Waals surface area (Å²) in [6, 6.07) is 10.8. The van der Waals surface area contributed by atoms with Crippen molar-refractivity contribution >= 4 is 0 Å². The largest absolute Gasteiger partial charge is 0.508 e. The third-order valence-corrected chi connectivity index (χ3v) is 2.74. The molecule has 84 valence electrons. The van der Waals surface area contributed by atoms with Gasteiger partial charge in [0, 0.05) is 6.04 Å². The van der Waals surface area contributed by atoms with Gasteiger partial charge in [-0.05, 0) is 37.1 Å². The molecule has 1 aromatic carbocycles. The van der Waals surface area contributed by atoms with Crippen molar-refractivity contribution in [2.24, 2.45) is 0 Å². The van der Waals surface area contributed by atoms with Crippen molar-refractivity contribution < 1.29 is 5.11 Å². The van der Waals surface area contributed by atoms with Gasteiger partial charge < -0.3 is 10.4 Å². The summed E-state index contributed by atoms with van der Waals surface area (Å²) in [4.78, 5) is 0. The molecule has 0 fully saturated rings. The van der Waals surface area contributed by atoms with E-state index in [1.165, 1.54) is 5.56 Å². The number of nitrogens with one attached hydrogen (secondary N) is 1. The second kappa shape index (κ2) is 5.52. The van der Waals surface area contributed by atoms with E-state index in [-0.39, 0.29) is 0 Å². The quantitative estimate of drug-likeness (QED) is 0.809. The Morgan fingerprint density at radius 2 is 2.06 bits per heavy atom. The molecule has 0 radical (unpaired) electrons. The zero-order valence-corrected chi connectivity index (χ0v) is 9.26. The zero-order valence-electron chi connectivity index (χ0n) is 9.26. The van der Waals surface area contributed by atoms with Gasteiger partial charge in [0.1, 0.15) is 5.76 Å². The standard InChI is InChI=1S/C14H17NO/c16-14-8-6-13(7-9-14)15-11-10-12-4-2-1-3-5-12/h1-6,8-9,13,15-16H,7,10-11H2/t13-/m0/s1. The van der Waals surface area contributed by atoms with Gasteiger partial charge in [0.2, 0.25) is 0 Å². The van der Waals surface area contributed by atoms with E-state index in [2.05, 4.69) is 29.6 Å². The predicted octanol–water partition coefficient (Wildman–Crippen LogP) is 2.59. The third kappa shape index (κ3) is 3.24. The molecule has 1 aliphatic rings. The number of rotatable bonds is 4. The Morgan fingerprint density at radius 1 is 1.25 bits per heavy atom. The zero-order chi connectivity index (χ0) is 11.2. The monoisotopic (exact) mass is 215 g/mol. The minimum absolute atomic E-state index is 0.361. The van der Waals surface area contributed by atoms with Gasteiger partial charge in [0.05, 0.1) is 0 Å². The fraction of sp³-hybridized carbons (Fsp3) is 0.286. The van der Waals surface area contributed by atoms with Gasteiger partial charge in [-0.2, -0.15) is 0 Å². The molecule has 0 amide bonds. The van der Waals surface area contributed by atoms with Gasteiger partial charge in [0.15, 0.2) is 0 Å². The fourth-order valence-electron chi connectivity index (χ4n) is 1.81. The molecule has 2 nitrogen and oxygen atoms in total. The molecule has 0 saturated carbocycles.